The Morgan fingerprint density at radius 2 is 1.93 bits per heavy atom. The van der Waals surface area contributed by atoms with Crippen molar-refractivity contribution in [3.05, 3.63) is 70.2 Å². The fraction of sp³-hybridized carbons (Fsp3) is 0.333. The molecule has 29 heavy (non-hydrogen) atoms. The van der Waals surface area contributed by atoms with Gasteiger partial charge in [-0.15, -0.1) is 0 Å². The molecule has 3 rings (SSSR count). The van der Waals surface area contributed by atoms with Crippen LogP contribution in [0.1, 0.15) is 17.8 Å². The SMILES string of the molecule is CN(C)CCCNc1cccc(OCc2nccn2Cc2cc(Cl)cc(Cl)c2)n1. The third-order valence-electron chi connectivity index (χ3n) is 4.24. The van der Waals surface area contributed by atoms with Crippen molar-refractivity contribution in [2.75, 3.05) is 32.5 Å². The van der Waals surface area contributed by atoms with Crippen LogP contribution >= 0.6 is 23.2 Å². The average molecular weight is 434 g/mol. The van der Waals surface area contributed by atoms with Gasteiger partial charge in [-0.2, -0.15) is 4.98 Å². The van der Waals surface area contributed by atoms with Crippen molar-refractivity contribution in [2.24, 2.45) is 0 Å². The summed E-state index contributed by atoms with van der Waals surface area (Å²) in [6, 6.07) is 11.2. The molecular weight excluding hydrogens is 409 g/mol. The molecule has 2 heterocycles. The number of nitrogens with one attached hydrogen (secondary N) is 1. The molecule has 8 heteroatoms. The molecule has 3 aromatic rings. The van der Waals surface area contributed by atoms with Crippen LogP contribution in [0.4, 0.5) is 5.82 Å². The molecule has 0 radical (unpaired) electrons. The van der Waals surface area contributed by atoms with Gasteiger partial charge in [0.1, 0.15) is 18.2 Å². The van der Waals surface area contributed by atoms with Gasteiger partial charge in [0.25, 0.3) is 0 Å². The number of nitrogens with zero attached hydrogens (tertiary/aromatic N) is 4. The van der Waals surface area contributed by atoms with Crippen LogP contribution in [0.5, 0.6) is 5.88 Å². The van der Waals surface area contributed by atoms with Gasteiger partial charge in [0.2, 0.25) is 5.88 Å². The lowest BCUT2D eigenvalue weighted by Crippen LogP contribution is -2.16. The van der Waals surface area contributed by atoms with Gasteiger partial charge in [0, 0.05) is 41.6 Å². The van der Waals surface area contributed by atoms with E-state index in [1.54, 1.807) is 12.3 Å². The highest BCUT2D eigenvalue weighted by Gasteiger charge is 2.07. The number of rotatable bonds is 10. The molecule has 0 aliphatic rings. The zero-order valence-corrected chi connectivity index (χ0v) is 18.1. The molecule has 1 aromatic carbocycles. The van der Waals surface area contributed by atoms with E-state index in [2.05, 4.69) is 34.3 Å². The Labute approximate surface area is 181 Å². The number of anilines is 1. The van der Waals surface area contributed by atoms with Gasteiger partial charge in [-0.1, -0.05) is 29.3 Å². The van der Waals surface area contributed by atoms with Crippen molar-refractivity contribution in [2.45, 2.75) is 19.6 Å². The molecule has 0 bridgehead atoms. The summed E-state index contributed by atoms with van der Waals surface area (Å²) in [6.07, 6.45) is 4.70. The van der Waals surface area contributed by atoms with Crippen LogP contribution in [0.2, 0.25) is 10.0 Å². The summed E-state index contributed by atoms with van der Waals surface area (Å²) in [5, 5.41) is 4.56. The molecule has 154 valence electrons. The second-order valence-corrected chi connectivity index (χ2v) is 7.86. The molecule has 0 atom stereocenters. The van der Waals surface area contributed by atoms with E-state index in [-0.39, 0.29) is 0 Å². The van der Waals surface area contributed by atoms with Gasteiger partial charge in [-0.3, -0.25) is 0 Å². The van der Waals surface area contributed by atoms with Crippen LogP contribution in [0.25, 0.3) is 0 Å². The number of hydrogen-bond donors (Lipinski definition) is 1. The molecule has 0 aliphatic heterocycles. The third-order valence-corrected chi connectivity index (χ3v) is 4.67. The lowest BCUT2D eigenvalue weighted by Gasteiger charge is -2.12. The van der Waals surface area contributed by atoms with Crippen molar-refractivity contribution in [3.63, 3.8) is 0 Å². The van der Waals surface area contributed by atoms with E-state index in [1.165, 1.54) is 0 Å². The van der Waals surface area contributed by atoms with Crippen molar-refractivity contribution in [3.8, 4) is 5.88 Å². The number of imidazole rings is 1. The Kier molecular flexibility index (Phi) is 7.75. The summed E-state index contributed by atoms with van der Waals surface area (Å²) in [4.78, 5) is 11.1. The van der Waals surface area contributed by atoms with Gasteiger partial charge in [0.05, 0.1) is 0 Å². The van der Waals surface area contributed by atoms with Gasteiger partial charge in [-0.05, 0) is 56.9 Å². The van der Waals surface area contributed by atoms with Gasteiger partial charge in [0.15, 0.2) is 0 Å². The van der Waals surface area contributed by atoms with Crippen LogP contribution in [-0.2, 0) is 13.2 Å². The maximum absolute atomic E-state index is 6.10. The quantitative estimate of drug-likeness (QED) is 0.474. The third kappa shape index (κ3) is 6.92. The highest BCUT2D eigenvalue weighted by molar-refractivity contribution is 6.34. The van der Waals surface area contributed by atoms with E-state index in [4.69, 9.17) is 27.9 Å². The summed E-state index contributed by atoms with van der Waals surface area (Å²) in [5.41, 5.74) is 1.00. The smallest absolute Gasteiger partial charge is 0.215 e. The van der Waals surface area contributed by atoms with E-state index in [0.717, 1.165) is 36.7 Å². The minimum absolute atomic E-state index is 0.318. The van der Waals surface area contributed by atoms with Gasteiger partial charge in [-0.25, -0.2) is 4.98 Å². The molecule has 0 fully saturated rings. The van der Waals surface area contributed by atoms with Crippen molar-refractivity contribution in [1.82, 2.24) is 19.4 Å². The lowest BCUT2D eigenvalue weighted by atomic mass is 10.2. The average Bonchev–Trinajstić information content (AvgIpc) is 3.10. The molecule has 0 unspecified atom stereocenters. The first kappa shape index (κ1) is 21.4. The van der Waals surface area contributed by atoms with E-state index in [9.17, 15) is 0 Å². The Hall–Kier alpha value is -2.28. The monoisotopic (exact) mass is 433 g/mol. The summed E-state index contributed by atoms with van der Waals surface area (Å²) >= 11 is 12.2. The maximum Gasteiger partial charge on any atom is 0.215 e. The maximum atomic E-state index is 6.10. The summed E-state index contributed by atoms with van der Waals surface area (Å²) in [7, 11) is 4.13. The van der Waals surface area contributed by atoms with Crippen molar-refractivity contribution in [1.29, 1.82) is 0 Å². The number of aromatic nitrogens is 3. The Morgan fingerprint density at radius 3 is 2.69 bits per heavy atom. The Morgan fingerprint density at radius 1 is 1.14 bits per heavy atom. The molecule has 0 spiro atoms. The van der Waals surface area contributed by atoms with Crippen molar-refractivity contribution >= 4 is 29.0 Å². The van der Waals surface area contributed by atoms with Crippen LogP contribution in [0.15, 0.2) is 48.8 Å². The highest BCUT2D eigenvalue weighted by atomic mass is 35.5. The van der Waals surface area contributed by atoms with Crippen LogP contribution in [-0.4, -0.2) is 46.6 Å². The Bertz CT molecular complexity index is 909. The van der Waals surface area contributed by atoms with Gasteiger partial charge < -0.3 is 19.5 Å². The highest BCUT2D eigenvalue weighted by Crippen LogP contribution is 2.20. The normalized spacial score (nSPS) is 11.1. The topological polar surface area (TPSA) is 55.2 Å². The minimum atomic E-state index is 0.318. The minimum Gasteiger partial charge on any atom is -0.469 e. The predicted octanol–water partition coefficient (Wildman–Crippen LogP) is 4.58. The first-order valence-electron chi connectivity index (χ1n) is 9.43. The fourth-order valence-electron chi connectivity index (χ4n) is 2.87. The first-order valence-corrected chi connectivity index (χ1v) is 10.2. The summed E-state index contributed by atoms with van der Waals surface area (Å²) in [5.74, 6) is 2.16. The van der Waals surface area contributed by atoms with Gasteiger partial charge >= 0.3 is 0 Å². The second kappa shape index (κ2) is 10.5. The molecule has 1 N–H and O–H groups in total. The van der Waals surface area contributed by atoms with E-state index >= 15 is 0 Å². The number of hydrogen-bond acceptors (Lipinski definition) is 5. The molecule has 0 saturated heterocycles. The molecule has 0 aliphatic carbocycles. The number of pyridine rings is 1. The zero-order chi connectivity index (χ0) is 20.6. The zero-order valence-electron chi connectivity index (χ0n) is 16.6. The van der Waals surface area contributed by atoms with E-state index in [1.807, 2.05) is 41.1 Å². The molecule has 0 saturated carbocycles. The Balaban J connectivity index is 1.57. The van der Waals surface area contributed by atoms with Crippen LogP contribution < -0.4 is 10.1 Å². The number of benzene rings is 1. The summed E-state index contributed by atoms with van der Waals surface area (Å²) < 4.78 is 7.87. The molecular formula is C21H25Cl2N5O. The number of halogens is 2. The molecule has 2 aromatic heterocycles. The lowest BCUT2D eigenvalue weighted by molar-refractivity contribution is 0.279. The van der Waals surface area contributed by atoms with E-state index < -0.39 is 0 Å². The standard InChI is InChI=1S/C21H25Cl2N5O/c1-27(2)9-4-7-24-19-5-3-6-21(26-19)29-15-20-25-8-10-28(20)14-16-11-17(22)13-18(23)12-16/h3,5-6,8,10-13H,4,7,9,14-15H2,1-2H3,(H,24,26). The van der Waals surface area contributed by atoms with Crippen LogP contribution in [0.3, 0.4) is 0 Å². The molecule has 6 nitrogen and oxygen atoms in total. The molecule has 0 amide bonds. The van der Waals surface area contributed by atoms with E-state index in [0.29, 0.717) is 29.1 Å². The fourth-order valence-corrected chi connectivity index (χ4v) is 3.44. The second-order valence-electron chi connectivity index (χ2n) is 6.98. The first-order chi connectivity index (χ1) is 14.0. The largest absolute Gasteiger partial charge is 0.469 e. The summed E-state index contributed by atoms with van der Waals surface area (Å²) in [6.45, 7) is 2.82. The predicted molar refractivity (Wildman–Crippen MR) is 118 cm³/mol. The van der Waals surface area contributed by atoms with Crippen molar-refractivity contribution < 1.29 is 4.74 Å². The number of ether oxygens (including phenoxy) is 1. The van der Waals surface area contributed by atoms with Crippen LogP contribution in [0, 0.1) is 0 Å².